The summed E-state index contributed by atoms with van der Waals surface area (Å²) in [5.74, 6) is -0.0278. The van der Waals surface area contributed by atoms with Crippen molar-refractivity contribution in [3.8, 4) is 5.75 Å². The summed E-state index contributed by atoms with van der Waals surface area (Å²) in [6.07, 6.45) is -0.331. The van der Waals surface area contributed by atoms with Crippen LogP contribution in [-0.2, 0) is 11.3 Å². The number of aromatic nitrogens is 1. The lowest BCUT2D eigenvalue weighted by Gasteiger charge is -2.39. The average molecular weight is 434 g/mol. The Morgan fingerprint density at radius 3 is 2.50 bits per heavy atom. The first-order valence-corrected chi connectivity index (χ1v) is 10.6. The molecule has 1 fully saturated rings. The number of carbonyl (C=O) groups is 1. The van der Waals surface area contributed by atoms with Crippen LogP contribution in [0.4, 0.5) is 4.79 Å². The van der Waals surface area contributed by atoms with Crippen LogP contribution in [0.2, 0.25) is 5.02 Å². The smallest absolute Gasteiger partial charge is 0.409 e. The molecule has 3 rings (SSSR count). The molecule has 7 nitrogen and oxygen atoms in total. The van der Waals surface area contributed by atoms with Gasteiger partial charge < -0.3 is 19.3 Å². The molecule has 1 N–H and O–H groups in total. The van der Waals surface area contributed by atoms with E-state index in [1.54, 1.807) is 35.4 Å². The predicted molar refractivity (Wildman–Crippen MR) is 116 cm³/mol. The standard InChI is InChI=1S/C22H28ClN3O4/c1-4-26-15(3)13-18(27)19(21(26)28)20(16-7-6-8-17(23)14-16)24-9-11-25(12-10-24)22(29)30-5-2/h6-8,13-14,20,27H,4-5,9-12H2,1-3H3/t20-/m0/s1. The maximum atomic E-state index is 13.3. The van der Waals surface area contributed by atoms with Crippen LogP contribution in [0.3, 0.4) is 0 Å². The van der Waals surface area contributed by atoms with Gasteiger partial charge in [-0.05, 0) is 44.5 Å². The van der Waals surface area contributed by atoms with E-state index in [9.17, 15) is 14.7 Å². The van der Waals surface area contributed by atoms with Gasteiger partial charge in [-0.1, -0.05) is 23.7 Å². The van der Waals surface area contributed by atoms with E-state index < -0.39 is 6.04 Å². The summed E-state index contributed by atoms with van der Waals surface area (Å²) in [7, 11) is 0. The Morgan fingerprint density at radius 2 is 1.90 bits per heavy atom. The zero-order chi connectivity index (χ0) is 21.8. The number of carbonyl (C=O) groups excluding carboxylic acids is 1. The van der Waals surface area contributed by atoms with E-state index in [1.165, 1.54) is 0 Å². The van der Waals surface area contributed by atoms with Crippen molar-refractivity contribution in [2.24, 2.45) is 0 Å². The molecule has 1 atom stereocenters. The molecule has 30 heavy (non-hydrogen) atoms. The van der Waals surface area contributed by atoms with Gasteiger partial charge in [-0.25, -0.2) is 4.79 Å². The minimum Gasteiger partial charge on any atom is -0.507 e. The number of amides is 1. The number of aryl methyl sites for hydroxylation is 1. The Morgan fingerprint density at radius 1 is 1.20 bits per heavy atom. The highest BCUT2D eigenvalue weighted by Gasteiger charge is 2.32. The van der Waals surface area contributed by atoms with Crippen molar-refractivity contribution < 1.29 is 14.6 Å². The summed E-state index contributed by atoms with van der Waals surface area (Å²) in [4.78, 5) is 29.1. The normalized spacial score (nSPS) is 15.8. The van der Waals surface area contributed by atoms with Crippen molar-refractivity contribution >= 4 is 17.7 Å². The summed E-state index contributed by atoms with van der Waals surface area (Å²) in [5, 5.41) is 11.3. The number of nitrogens with zero attached hydrogens (tertiary/aromatic N) is 3. The molecule has 1 aromatic carbocycles. The molecular weight excluding hydrogens is 406 g/mol. The minimum absolute atomic E-state index is 0.0278. The van der Waals surface area contributed by atoms with Crippen molar-refractivity contribution in [1.82, 2.24) is 14.4 Å². The Balaban J connectivity index is 2.03. The summed E-state index contributed by atoms with van der Waals surface area (Å²) in [6.45, 7) is 8.36. The SMILES string of the molecule is CCOC(=O)N1CCN([C@@H](c2cccc(Cl)c2)c2c(O)cc(C)n(CC)c2=O)CC1. The summed E-state index contributed by atoms with van der Waals surface area (Å²) in [6, 6.07) is 8.50. The van der Waals surface area contributed by atoms with E-state index in [0.717, 1.165) is 5.56 Å². The van der Waals surface area contributed by atoms with Gasteiger partial charge in [-0.3, -0.25) is 9.69 Å². The Hall–Kier alpha value is -2.51. The molecule has 0 aliphatic carbocycles. The van der Waals surface area contributed by atoms with E-state index in [0.29, 0.717) is 55.6 Å². The molecule has 2 aromatic rings. The minimum atomic E-state index is -0.473. The number of ether oxygens (including phenoxy) is 1. The van der Waals surface area contributed by atoms with Gasteiger partial charge in [0, 0.05) is 43.4 Å². The van der Waals surface area contributed by atoms with Gasteiger partial charge in [-0.15, -0.1) is 0 Å². The Labute approximate surface area is 181 Å². The fourth-order valence-electron chi connectivity index (χ4n) is 4.03. The van der Waals surface area contributed by atoms with Gasteiger partial charge in [0.25, 0.3) is 5.56 Å². The number of hydrogen-bond acceptors (Lipinski definition) is 5. The van der Waals surface area contributed by atoms with E-state index in [-0.39, 0.29) is 17.4 Å². The summed E-state index contributed by atoms with van der Waals surface area (Å²) < 4.78 is 6.76. The maximum Gasteiger partial charge on any atom is 0.409 e. The highest BCUT2D eigenvalue weighted by Crippen LogP contribution is 2.34. The van der Waals surface area contributed by atoms with Crippen LogP contribution in [0, 0.1) is 6.92 Å². The Kier molecular flexibility index (Phi) is 7.05. The molecule has 1 amide bonds. The number of benzene rings is 1. The number of piperazine rings is 1. The lowest BCUT2D eigenvalue weighted by molar-refractivity contribution is 0.0709. The van der Waals surface area contributed by atoms with Crippen molar-refractivity contribution in [2.45, 2.75) is 33.4 Å². The van der Waals surface area contributed by atoms with Crippen molar-refractivity contribution in [3.05, 3.63) is 62.5 Å². The molecule has 0 bridgehead atoms. The quantitative estimate of drug-likeness (QED) is 0.782. The fourth-order valence-corrected chi connectivity index (χ4v) is 4.23. The van der Waals surface area contributed by atoms with Crippen LogP contribution in [-0.4, -0.2) is 58.4 Å². The Bertz CT molecular complexity index is 967. The number of pyridine rings is 1. The second-order valence-electron chi connectivity index (χ2n) is 7.31. The predicted octanol–water partition coefficient (Wildman–Crippen LogP) is 3.40. The molecule has 0 unspecified atom stereocenters. The van der Waals surface area contributed by atoms with E-state index in [1.807, 2.05) is 25.1 Å². The third kappa shape index (κ3) is 4.47. The molecule has 0 saturated carbocycles. The first-order valence-electron chi connectivity index (χ1n) is 10.2. The first kappa shape index (κ1) is 22.2. The van der Waals surface area contributed by atoms with E-state index >= 15 is 0 Å². The maximum absolute atomic E-state index is 13.3. The van der Waals surface area contributed by atoms with Gasteiger partial charge in [0.2, 0.25) is 0 Å². The average Bonchev–Trinajstić information content (AvgIpc) is 2.71. The van der Waals surface area contributed by atoms with E-state index in [4.69, 9.17) is 16.3 Å². The molecule has 1 aliphatic heterocycles. The lowest BCUT2D eigenvalue weighted by Crippen LogP contribution is -2.50. The highest BCUT2D eigenvalue weighted by atomic mass is 35.5. The topological polar surface area (TPSA) is 75.0 Å². The molecule has 8 heteroatoms. The van der Waals surface area contributed by atoms with Crippen LogP contribution >= 0.6 is 11.6 Å². The monoisotopic (exact) mass is 433 g/mol. The second-order valence-corrected chi connectivity index (χ2v) is 7.75. The fraction of sp³-hybridized carbons (Fsp3) is 0.455. The number of aromatic hydroxyl groups is 1. The van der Waals surface area contributed by atoms with E-state index in [2.05, 4.69) is 4.90 Å². The van der Waals surface area contributed by atoms with Crippen LogP contribution in [0.15, 0.2) is 35.1 Å². The molecule has 162 valence electrons. The molecule has 1 saturated heterocycles. The van der Waals surface area contributed by atoms with Crippen LogP contribution in [0.1, 0.15) is 36.7 Å². The molecule has 1 aliphatic rings. The highest BCUT2D eigenvalue weighted by molar-refractivity contribution is 6.30. The van der Waals surface area contributed by atoms with Crippen molar-refractivity contribution in [1.29, 1.82) is 0 Å². The van der Waals surface area contributed by atoms with Crippen molar-refractivity contribution in [2.75, 3.05) is 32.8 Å². The largest absolute Gasteiger partial charge is 0.507 e. The number of halogens is 1. The first-order chi connectivity index (χ1) is 14.4. The van der Waals surface area contributed by atoms with Crippen LogP contribution in [0.25, 0.3) is 0 Å². The zero-order valence-corrected chi connectivity index (χ0v) is 18.4. The van der Waals surface area contributed by atoms with Gasteiger partial charge in [-0.2, -0.15) is 0 Å². The molecular formula is C22H28ClN3O4. The van der Waals surface area contributed by atoms with Gasteiger partial charge >= 0.3 is 6.09 Å². The van der Waals surface area contributed by atoms with Gasteiger partial charge in [0.15, 0.2) is 0 Å². The molecule has 2 heterocycles. The lowest BCUT2D eigenvalue weighted by atomic mass is 9.96. The summed E-state index contributed by atoms with van der Waals surface area (Å²) in [5.41, 5.74) is 1.65. The molecule has 1 aromatic heterocycles. The second kappa shape index (κ2) is 9.53. The van der Waals surface area contributed by atoms with Crippen molar-refractivity contribution in [3.63, 3.8) is 0 Å². The third-order valence-electron chi connectivity index (χ3n) is 5.48. The summed E-state index contributed by atoms with van der Waals surface area (Å²) >= 11 is 6.24. The number of rotatable bonds is 5. The third-order valence-corrected chi connectivity index (χ3v) is 5.72. The van der Waals surface area contributed by atoms with Gasteiger partial charge in [0.05, 0.1) is 18.2 Å². The van der Waals surface area contributed by atoms with Gasteiger partial charge in [0.1, 0.15) is 5.75 Å². The zero-order valence-electron chi connectivity index (χ0n) is 17.6. The number of hydrogen-bond donors (Lipinski definition) is 1. The molecule has 0 radical (unpaired) electrons. The van der Waals surface area contributed by atoms with Crippen LogP contribution < -0.4 is 5.56 Å². The van der Waals surface area contributed by atoms with Crippen LogP contribution in [0.5, 0.6) is 5.75 Å². The molecule has 0 spiro atoms.